The van der Waals surface area contributed by atoms with Crippen molar-refractivity contribution in [1.29, 1.82) is 0 Å². The summed E-state index contributed by atoms with van der Waals surface area (Å²) in [5.41, 5.74) is 5.87. The Bertz CT molecular complexity index is 1270. The summed E-state index contributed by atoms with van der Waals surface area (Å²) in [7, 11) is 2.96. The first-order valence-electron chi connectivity index (χ1n) is 10.0. The van der Waals surface area contributed by atoms with Gasteiger partial charge in [-0.25, -0.2) is 4.98 Å². The molecule has 184 valence electrons. The summed E-state index contributed by atoms with van der Waals surface area (Å²) in [4.78, 5) is 58.3. The van der Waals surface area contributed by atoms with Gasteiger partial charge in [0.1, 0.15) is 24.2 Å². The van der Waals surface area contributed by atoms with Crippen molar-refractivity contribution >= 4 is 64.0 Å². The Hall–Kier alpha value is -3.92. The van der Waals surface area contributed by atoms with Crippen LogP contribution in [0.5, 0.6) is 0 Å². The topological polar surface area (TPSA) is 188 Å². The zero-order valence-corrected chi connectivity index (χ0v) is 20.1. The van der Waals surface area contributed by atoms with E-state index in [1.54, 1.807) is 28.7 Å². The molecule has 0 saturated carbocycles. The number of amides is 3. The van der Waals surface area contributed by atoms with Gasteiger partial charge in [0, 0.05) is 16.7 Å². The summed E-state index contributed by atoms with van der Waals surface area (Å²) in [5.74, 6) is -2.02. The van der Waals surface area contributed by atoms with Crippen molar-refractivity contribution in [2.45, 2.75) is 18.0 Å². The van der Waals surface area contributed by atoms with Crippen molar-refractivity contribution in [2.24, 2.45) is 12.2 Å². The van der Waals surface area contributed by atoms with Crippen molar-refractivity contribution in [3.8, 4) is 0 Å². The zero-order chi connectivity index (χ0) is 25.3. The van der Waals surface area contributed by atoms with E-state index in [0.29, 0.717) is 17.8 Å². The molecule has 3 amide bonds. The van der Waals surface area contributed by atoms with Crippen molar-refractivity contribution in [1.82, 2.24) is 19.9 Å². The maximum absolute atomic E-state index is 12.9. The van der Waals surface area contributed by atoms with Crippen LogP contribution >= 0.6 is 23.1 Å². The highest BCUT2D eigenvalue weighted by Crippen LogP contribution is 2.40. The lowest BCUT2D eigenvalue weighted by molar-refractivity contribution is -0.765. The van der Waals surface area contributed by atoms with Gasteiger partial charge in [-0.2, -0.15) is 0 Å². The van der Waals surface area contributed by atoms with E-state index in [9.17, 15) is 24.3 Å². The monoisotopic (exact) mass is 520 g/mol. The average molecular weight is 521 g/mol. The molecule has 2 aromatic heterocycles. The Morgan fingerprint density at radius 3 is 2.89 bits per heavy atom. The van der Waals surface area contributed by atoms with Crippen LogP contribution in [0.15, 0.2) is 34.1 Å². The number of oxime groups is 1. The van der Waals surface area contributed by atoms with Crippen molar-refractivity contribution in [3.05, 3.63) is 34.6 Å². The molecule has 0 aromatic carbocycles. The van der Waals surface area contributed by atoms with E-state index < -0.39 is 29.2 Å². The summed E-state index contributed by atoms with van der Waals surface area (Å²) in [5, 5.41) is 21.9. The lowest BCUT2D eigenvalue weighted by atomic mass is 10.0. The molecule has 35 heavy (non-hydrogen) atoms. The van der Waals surface area contributed by atoms with Gasteiger partial charge in [0.2, 0.25) is 6.41 Å². The van der Waals surface area contributed by atoms with Gasteiger partial charge < -0.3 is 31.1 Å². The van der Waals surface area contributed by atoms with E-state index in [2.05, 4.69) is 20.8 Å². The Morgan fingerprint density at radius 1 is 1.49 bits per heavy atom. The standard InChI is InChI=1S/C19H20N8O6S2/c1-25-11(21-8-28)3-4-26(25)5-9-6-34-17-13(16(30)27(17)14(9)18(31)32)23-15(29)12(24-33-2)10-7-35-19(20)22-10/h3-4,7-8,13,17H,5-6H2,1-2H3,(H4,20,22,23,29,31,32)/t13-,17-/m1/s1. The van der Waals surface area contributed by atoms with Gasteiger partial charge in [0.05, 0.1) is 24.8 Å². The minimum absolute atomic E-state index is 0.150. The summed E-state index contributed by atoms with van der Waals surface area (Å²) in [6.07, 6.45) is 2.21. The third kappa shape index (κ3) is 4.44. The summed E-state index contributed by atoms with van der Waals surface area (Å²) in [6.45, 7) is 0.150. The molecule has 2 aromatic rings. The molecule has 0 aliphatic carbocycles. The fraction of sp³-hybridized carbons (Fsp3) is 0.316. The van der Waals surface area contributed by atoms with Crippen LogP contribution in [0.1, 0.15) is 5.69 Å². The molecule has 0 unspecified atom stereocenters. The molecule has 2 atom stereocenters. The minimum atomic E-state index is -1.50. The van der Waals surface area contributed by atoms with E-state index in [1.165, 1.54) is 24.3 Å². The number of anilines is 2. The lowest BCUT2D eigenvalue weighted by Gasteiger charge is -2.50. The van der Waals surface area contributed by atoms with E-state index in [-0.39, 0.29) is 34.5 Å². The number of nitrogens with zero attached hydrogens (tertiary/aromatic N) is 5. The molecule has 4 N–H and O–H groups in total. The second-order valence-corrected chi connectivity index (χ2v) is 9.37. The van der Waals surface area contributed by atoms with Gasteiger partial charge in [-0.1, -0.05) is 5.16 Å². The molecule has 0 radical (unpaired) electrons. The number of thioether (sulfide) groups is 1. The van der Waals surface area contributed by atoms with Crippen LogP contribution in [-0.4, -0.2) is 68.7 Å². The van der Waals surface area contributed by atoms with Crippen LogP contribution in [0, 0.1) is 0 Å². The smallest absolute Gasteiger partial charge is 0.276 e. The Kier molecular flexibility index (Phi) is 6.74. The number of carbonyl (C=O) groups excluding carboxylic acids is 4. The Balaban J connectivity index is 1.53. The third-order valence-corrected chi connectivity index (χ3v) is 7.40. The van der Waals surface area contributed by atoms with Crippen LogP contribution in [0.2, 0.25) is 0 Å². The number of nitrogen functional groups attached to an aromatic ring is 1. The number of rotatable bonds is 9. The molecule has 1 fully saturated rings. The Morgan fingerprint density at radius 2 is 2.26 bits per heavy atom. The van der Waals surface area contributed by atoms with E-state index in [4.69, 9.17) is 10.6 Å². The van der Waals surface area contributed by atoms with Gasteiger partial charge in [0.25, 0.3) is 11.8 Å². The number of aliphatic carboxylic acids is 1. The maximum Gasteiger partial charge on any atom is 0.276 e. The van der Waals surface area contributed by atoms with Crippen LogP contribution in [0.3, 0.4) is 0 Å². The van der Waals surface area contributed by atoms with Crippen LogP contribution in [-0.2, 0) is 37.6 Å². The molecule has 4 heterocycles. The highest BCUT2D eigenvalue weighted by Gasteiger charge is 2.53. The molecular weight excluding hydrogens is 500 g/mol. The molecule has 2 aliphatic rings. The van der Waals surface area contributed by atoms with Gasteiger partial charge in [-0.05, 0) is 0 Å². The molecule has 2 aliphatic heterocycles. The number of nitrogens with two attached hydrogens (primary N) is 1. The number of carbonyl (C=O) groups is 4. The number of fused-ring (bicyclic) bond motifs is 1. The summed E-state index contributed by atoms with van der Waals surface area (Å²) >= 11 is 2.42. The predicted octanol–water partition coefficient (Wildman–Crippen LogP) is -2.63. The Labute approximate surface area is 206 Å². The average Bonchev–Trinajstić information content (AvgIpc) is 3.41. The second kappa shape index (κ2) is 9.75. The number of aromatic nitrogens is 3. The first-order valence-corrected chi connectivity index (χ1v) is 12.0. The largest absolute Gasteiger partial charge is 0.543 e. The number of hydrogen-bond donors (Lipinski definition) is 3. The SMILES string of the molecule is CON=C(C(=O)N[C@@H]1C(=O)N2C(C(=O)[O-])=C(C[n+]3ccc(NC=O)n3C)CS[C@H]12)c1csc(N)n1. The van der Waals surface area contributed by atoms with Gasteiger partial charge >= 0.3 is 0 Å². The molecular formula is C19H20N8O6S2. The quantitative estimate of drug-likeness (QED) is 0.104. The number of carboxylic acids is 1. The van der Waals surface area contributed by atoms with Gasteiger partial charge in [-0.3, -0.25) is 19.3 Å². The fourth-order valence-electron chi connectivity index (χ4n) is 3.75. The van der Waals surface area contributed by atoms with Crippen LogP contribution in [0.25, 0.3) is 0 Å². The molecule has 1 saturated heterocycles. The number of β-lactam (4-membered cyclic amide) rings is 1. The van der Waals surface area contributed by atoms with E-state index in [0.717, 1.165) is 16.2 Å². The van der Waals surface area contributed by atoms with Crippen molar-refractivity contribution in [3.63, 3.8) is 0 Å². The van der Waals surface area contributed by atoms with Crippen LogP contribution < -0.4 is 26.2 Å². The summed E-state index contributed by atoms with van der Waals surface area (Å²) < 4.78 is 3.31. The zero-order valence-electron chi connectivity index (χ0n) is 18.5. The molecule has 4 rings (SSSR count). The summed E-state index contributed by atoms with van der Waals surface area (Å²) in [6, 6.07) is 0.676. The number of thiazole rings is 1. The molecule has 16 heteroatoms. The second-order valence-electron chi connectivity index (χ2n) is 7.38. The number of hydrogen-bond acceptors (Lipinski definition) is 11. The number of nitrogens with one attached hydrogen (secondary N) is 2. The fourth-order valence-corrected chi connectivity index (χ4v) is 5.64. The van der Waals surface area contributed by atoms with E-state index in [1.807, 2.05) is 0 Å². The first kappa shape index (κ1) is 24.2. The van der Waals surface area contributed by atoms with E-state index >= 15 is 0 Å². The maximum atomic E-state index is 12.9. The highest BCUT2D eigenvalue weighted by molar-refractivity contribution is 8.00. The predicted molar refractivity (Wildman–Crippen MR) is 122 cm³/mol. The normalized spacial score (nSPS) is 19.7. The highest BCUT2D eigenvalue weighted by atomic mass is 32.2. The molecule has 0 bridgehead atoms. The molecule has 0 spiro atoms. The van der Waals surface area contributed by atoms with Crippen molar-refractivity contribution < 1.29 is 33.8 Å². The molecule has 14 nitrogen and oxygen atoms in total. The van der Waals surface area contributed by atoms with Gasteiger partial charge in [0.15, 0.2) is 29.4 Å². The first-order chi connectivity index (χ1) is 16.8. The minimum Gasteiger partial charge on any atom is -0.543 e. The third-order valence-electron chi connectivity index (χ3n) is 5.39. The van der Waals surface area contributed by atoms with Crippen LogP contribution in [0.4, 0.5) is 10.9 Å². The number of carboxylic acid groups (broad SMARTS) is 1. The van der Waals surface area contributed by atoms with Crippen molar-refractivity contribution in [2.75, 3.05) is 23.9 Å². The van der Waals surface area contributed by atoms with Gasteiger partial charge in [-0.15, -0.1) is 32.5 Å². The lowest BCUT2D eigenvalue weighted by Crippen LogP contribution is -2.71.